The lowest BCUT2D eigenvalue weighted by molar-refractivity contribution is -0.144. The number of methoxy groups -OCH3 is 2. The minimum atomic E-state index is -0.824. The first-order valence-corrected chi connectivity index (χ1v) is 8.89. The van der Waals surface area contributed by atoms with E-state index in [1.54, 1.807) is 14.2 Å². The van der Waals surface area contributed by atoms with Gasteiger partial charge in [-0.25, -0.2) is 0 Å². The predicted octanol–water partition coefficient (Wildman–Crippen LogP) is 2.76. The van der Waals surface area contributed by atoms with E-state index in [0.29, 0.717) is 43.2 Å². The van der Waals surface area contributed by atoms with Gasteiger partial charge >= 0.3 is 0 Å². The Kier molecular flexibility index (Phi) is 4.52. The van der Waals surface area contributed by atoms with Crippen molar-refractivity contribution in [3.05, 3.63) is 23.8 Å². The van der Waals surface area contributed by atoms with Crippen LogP contribution in [0.3, 0.4) is 0 Å². The van der Waals surface area contributed by atoms with Crippen LogP contribution in [0.1, 0.15) is 38.7 Å². The smallest absolute Gasteiger partial charge is 0.234 e. The third-order valence-electron chi connectivity index (χ3n) is 6.43. The van der Waals surface area contributed by atoms with Gasteiger partial charge in [-0.3, -0.25) is 9.59 Å². The summed E-state index contributed by atoms with van der Waals surface area (Å²) in [6.07, 6.45) is 2.89. The Balaban J connectivity index is 1.65. The van der Waals surface area contributed by atoms with Crippen LogP contribution in [0.25, 0.3) is 0 Å². The summed E-state index contributed by atoms with van der Waals surface area (Å²) < 4.78 is 10.5. The molecule has 2 aliphatic carbocycles. The number of hydrogen-bond acceptors (Lipinski definition) is 4. The first-order valence-electron chi connectivity index (χ1n) is 8.89. The minimum absolute atomic E-state index is 0.0945. The molecule has 5 heteroatoms. The first kappa shape index (κ1) is 17.8. The van der Waals surface area contributed by atoms with E-state index >= 15 is 0 Å². The monoisotopic (exact) mass is 345 g/mol. The topological polar surface area (TPSA) is 64.6 Å². The van der Waals surface area contributed by atoms with Crippen LogP contribution in [-0.4, -0.2) is 32.5 Å². The maximum absolute atomic E-state index is 12.9. The molecule has 5 nitrogen and oxygen atoms in total. The number of carbonyl (C=O) groups excluding carboxylic acids is 2. The minimum Gasteiger partial charge on any atom is -0.493 e. The molecule has 2 unspecified atom stereocenters. The summed E-state index contributed by atoms with van der Waals surface area (Å²) in [5.74, 6) is 1.73. The predicted molar refractivity (Wildman–Crippen MR) is 94.8 cm³/mol. The normalized spacial score (nSPS) is 26.6. The fourth-order valence-electron chi connectivity index (χ4n) is 4.72. The van der Waals surface area contributed by atoms with Crippen LogP contribution < -0.4 is 14.8 Å². The molecule has 0 saturated heterocycles. The van der Waals surface area contributed by atoms with E-state index in [1.807, 2.05) is 18.2 Å². The molecule has 2 fully saturated rings. The van der Waals surface area contributed by atoms with Crippen molar-refractivity contribution in [2.24, 2.45) is 16.7 Å². The van der Waals surface area contributed by atoms with Crippen molar-refractivity contribution in [3.8, 4) is 11.5 Å². The maximum Gasteiger partial charge on any atom is 0.234 e. The number of carbonyl (C=O) groups is 2. The fourth-order valence-corrected chi connectivity index (χ4v) is 4.72. The number of nitrogens with one attached hydrogen (secondary N) is 1. The number of rotatable bonds is 6. The summed E-state index contributed by atoms with van der Waals surface area (Å²) in [6.45, 7) is 4.65. The Labute approximate surface area is 149 Å². The highest BCUT2D eigenvalue weighted by Crippen LogP contribution is 2.63. The number of Topliss-reactive ketones (excluding diaryl/α,β-unsaturated/α-hetero) is 1. The Morgan fingerprint density at radius 1 is 1.24 bits per heavy atom. The van der Waals surface area contributed by atoms with Gasteiger partial charge in [-0.2, -0.15) is 0 Å². The van der Waals surface area contributed by atoms with Crippen LogP contribution in [0.2, 0.25) is 0 Å². The fraction of sp³-hybridized carbons (Fsp3) is 0.600. The van der Waals surface area contributed by atoms with Crippen LogP contribution in [0.5, 0.6) is 11.5 Å². The molecule has 0 aromatic heterocycles. The van der Waals surface area contributed by atoms with Crippen LogP contribution >= 0.6 is 0 Å². The van der Waals surface area contributed by atoms with E-state index < -0.39 is 5.41 Å². The van der Waals surface area contributed by atoms with Crippen molar-refractivity contribution in [1.29, 1.82) is 0 Å². The molecule has 2 bridgehead atoms. The maximum atomic E-state index is 12.9. The average Bonchev–Trinajstić information content (AvgIpc) is 2.97. The van der Waals surface area contributed by atoms with E-state index in [0.717, 1.165) is 12.0 Å². The summed E-state index contributed by atoms with van der Waals surface area (Å²) in [4.78, 5) is 25.4. The van der Waals surface area contributed by atoms with Crippen LogP contribution in [-0.2, 0) is 16.0 Å². The molecule has 136 valence electrons. The standard InChI is InChI=1S/C20H27NO4/c1-19(2)14-7-9-20(19,17(22)12-14)18(23)21-10-8-13-5-6-15(24-3)16(11-13)25-4/h5-6,11,14H,7-10,12H2,1-4H3,(H,21,23). The number of ether oxygens (including phenoxy) is 2. The molecule has 0 aliphatic heterocycles. The summed E-state index contributed by atoms with van der Waals surface area (Å²) in [5, 5.41) is 3.01. The quantitative estimate of drug-likeness (QED) is 0.805. The van der Waals surface area contributed by atoms with Crippen molar-refractivity contribution >= 4 is 11.7 Å². The molecular weight excluding hydrogens is 318 g/mol. The zero-order valence-corrected chi connectivity index (χ0v) is 15.5. The summed E-state index contributed by atoms with van der Waals surface area (Å²) in [5.41, 5.74) is -0.0102. The Morgan fingerprint density at radius 2 is 1.96 bits per heavy atom. The second-order valence-electron chi connectivity index (χ2n) is 7.69. The van der Waals surface area contributed by atoms with Gasteiger partial charge in [0.15, 0.2) is 11.5 Å². The third-order valence-corrected chi connectivity index (χ3v) is 6.43. The highest BCUT2D eigenvalue weighted by atomic mass is 16.5. The molecular formula is C20H27NO4. The first-order chi connectivity index (χ1) is 11.9. The van der Waals surface area contributed by atoms with E-state index in [1.165, 1.54) is 0 Å². The SMILES string of the molecule is COc1ccc(CCNC(=O)C23CCC(CC2=O)C3(C)C)cc1OC. The van der Waals surface area contributed by atoms with E-state index in [2.05, 4.69) is 19.2 Å². The van der Waals surface area contributed by atoms with Gasteiger partial charge in [0.1, 0.15) is 11.2 Å². The molecule has 2 atom stereocenters. The lowest BCUT2D eigenvalue weighted by Gasteiger charge is -2.34. The van der Waals surface area contributed by atoms with Crippen molar-refractivity contribution in [1.82, 2.24) is 5.32 Å². The largest absolute Gasteiger partial charge is 0.493 e. The lowest BCUT2D eigenvalue weighted by atomic mass is 9.68. The van der Waals surface area contributed by atoms with Crippen LogP contribution in [0, 0.1) is 16.7 Å². The van der Waals surface area contributed by atoms with E-state index in [-0.39, 0.29) is 17.1 Å². The number of benzene rings is 1. The van der Waals surface area contributed by atoms with Gasteiger partial charge in [0.25, 0.3) is 0 Å². The second-order valence-corrected chi connectivity index (χ2v) is 7.69. The average molecular weight is 345 g/mol. The van der Waals surface area contributed by atoms with Gasteiger partial charge in [-0.15, -0.1) is 0 Å². The van der Waals surface area contributed by atoms with Gasteiger partial charge in [0, 0.05) is 13.0 Å². The van der Waals surface area contributed by atoms with Gasteiger partial charge in [0.2, 0.25) is 5.91 Å². The van der Waals surface area contributed by atoms with Crippen molar-refractivity contribution < 1.29 is 19.1 Å². The Hall–Kier alpha value is -2.04. The zero-order valence-electron chi connectivity index (χ0n) is 15.5. The third kappa shape index (κ3) is 2.60. The van der Waals surface area contributed by atoms with Crippen molar-refractivity contribution in [3.63, 3.8) is 0 Å². The molecule has 0 spiro atoms. The summed E-state index contributed by atoms with van der Waals surface area (Å²) in [6, 6.07) is 5.74. The molecule has 1 N–H and O–H groups in total. The second kappa shape index (κ2) is 6.36. The van der Waals surface area contributed by atoms with Gasteiger partial charge < -0.3 is 14.8 Å². The number of hydrogen-bond donors (Lipinski definition) is 1. The van der Waals surface area contributed by atoms with Crippen molar-refractivity contribution in [2.45, 2.75) is 39.5 Å². The number of fused-ring (bicyclic) bond motifs is 2. The van der Waals surface area contributed by atoms with Gasteiger partial charge in [0.05, 0.1) is 14.2 Å². The van der Waals surface area contributed by atoms with E-state index in [9.17, 15) is 9.59 Å². The number of ketones is 1. The zero-order chi connectivity index (χ0) is 18.2. The Morgan fingerprint density at radius 3 is 2.52 bits per heavy atom. The van der Waals surface area contributed by atoms with E-state index in [4.69, 9.17) is 9.47 Å². The van der Waals surface area contributed by atoms with Crippen molar-refractivity contribution in [2.75, 3.05) is 20.8 Å². The molecule has 0 heterocycles. The molecule has 25 heavy (non-hydrogen) atoms. The summed E-state index contributed by atoms with van der Waals surface area (Å²) in [7, 11) is 3.21. The molecule has 1 aromatic rings. The van der Waals surface area contributed by atoms with Gasteiger partial charge in [-0.05, 0) is 48.3 Å². The molecule has 1 aromatic carbocycles. The molecule has 2 aliphatic rings. The molecule has 3 rings (SSSR count). The number of amides is 1. The molecule has 2 saturated carbocycles. The lowest BCUT2D eigenvalue weighted by Crippen LogP contribution is -2.50. The summed E-state index contributed by atoms with van der Waals surface area (Å²) >= 11 is 0. The van der Waals surface area contributed by atoms with Crippen LogP contribution in [0.4, 0.5) is 0 Å². The van der Waals surface area contributed by atoms with Gasteiger partial charge in [-0.1, -0.05) is 19.9 Å². The highest BCUT2D eigenvalue weighted by Gasteiger charge is 2.67. The Bertz CT molecular complexity index is 697. The molecule has 0 radical (unpaired) electrons. The molecule has 1 amide bonds. The van der Waals surface area contributed by atoms with Crippen LogP contribution in [0.15, 0.2) is 18.2 Å². The highest BCUT2D eigenvalue weighted by molar-refractivity contribution is 6.09.